The fourth-order valence-electron chi connectivity index (χ4n) is 2.24. The third-order valence-corrected chi connectivity index (χ3v) is 3.77. The highest BCUT2D eigenvalue weighted by Gasteiger charge is 2.41. The van der Waals surface area contributed by atoms with Crippen LogP contribution in [0.4, 0.5) is 0 Å². The highest BCUT2D eigenvalue weighted by molar-refractivity contribution is 5.91. The van der Waals surface area contributed by atoms with Crippen molar-refractivity contribution >= 4 is 11.8 Å². The Morgan fingerprint density at radius 3 is 2.50 bits per heavy atom. The van der Waals surface area contributed by atoms with Crippen molar-refractivity contribution in [3.8, 4) is 0 Å². The fraction of sp³-hybridized carbons (Fsp3) is 0.846. The molecule has 0 radical (unpaired) electrons. The van der Waals surface area contributed by atoms with Crippen LogP contribution in [0.15, 0.2) is 0 Å². The first-order chi connectivity index (χ1) is 8.45. The van der Waals surface area contributed by atoms with Gasteiger partial charge in [-0.1, -0.05) is 0 Å². The predicted molar refractivity (Wildman–Crippen MR) is 67.0 cm³/mol. The van der Waals surface area contributed by atoms with Crippen molar-refractivity contribution in [1.29, 1.82) is 0 Å². The van der Waals surface area contributed by atoms with Crippen LogP contribution >= 0.6 is 0 Å². The zero-order chi connectivity index (χ0) is 13.3. The molecule has 0 aromatic heterocycles. The van der Waals surface area contributed by atoms with Gasteiger partial charge in [-0.25, -0.2) is 0 Å². The molecule has 18 heavy (non-hydrogen) atoms. The lowest BCUT2D eigenvalue weighted by molar-refractivity contribution is -0.154. The Bertz CT molecular complexity index is 350. The molecule has 0 aromatic rings. The number of likely N-dealkylation sites (tertiary alicyclic amines) is 1. The fourth-order valence-corrected chi connectivity index (χ4v) is 2.24. The van der Waals surface area contributed by atoms with Crippen molar-refractivity contribution in [2.24, 2.45) is 0 Å². The molecular formula is C13H22N2O3. The summed E-state index contributed by atoms with van der Waals surface area (Å²) in [6.45, 7) is 4.13. The van der Waals surface area contributed by atoms with Gasteiger partial charge in [0.2, 0.25) is 5.91 Å². The topological polar surface area (TPSA) is 58.6 Å². The minimum Gasteiger partial charge on any atom is -0.369 e. The molecule has 0 spiro atoms. The molecule has 1 unspecified atom stereocenters. The van der Waals surface area contributed by atoms with Crippen LogP contribution in [-0.4, -0.2) is 48.1 Å². The molecule has 1 saturated heterocycles. The number of hydrogen-bond acceptors (Lipinski definition) is 3. The molecule has 2 aliphatic rings. The van der Waals surface area contributed by atoms with Crippen LogP contribution in [0.1, 0.15) is 39.5 Å². The second-order valence-corrected chi connectivity index (χ2v) is 5.65. The summed E-state index contributed by atoms with van der Waals surface area (Å²) in [5.41, 5.74) is -0.859. The van der Waals surface area contributed by atoms with Crippen LogP contribution in [-0.2, 0) is 14.3 Å². The summed E-state index contributed by atoms with van der Waals surface area (Å²) in [5.74, 6) is -0.103. The van der Waals surface area contributed by atoms with Gasteiger partial charge >= 0.3 is 0 Å². The Kier molecular flexibility index (Phi) is 3.61. The van der Waals surface area contributed by atoms with E-state index >= 15 is 0 Å². The van der Waals surface area contributed by atoms with E-state index in [0.29, 0.717) is 12.6 Å². The van der Waals surface area contributed by atoms with E-state index in [4.69, 9.17) is 4.74 Å². The van der Waals surface area contributed by atoms with Crippen LogP contribution in [0.25, 0.3) is 0 Å². The molecule has 5 nitrogen and oxygen atoms in total. The van der Waals surface area contributed by atoms with Gasteiger partial charge in [0.15, 0.2) is 0 Å². The second kappa shape index (κ2) is 4.88. The van der Waals surface area contributed by atoms with Crippen molar-refractivity contribution < 1.29 is 14.3 Å². The lowest BCUT2D eigenvalue weighted by atomic mass is 10.1. The number of nitrogens with zero attached hydrogens (tertiary/aromatic N) is 1. The summed E-state index contributed by atoms with van der Waals surface area (Å²) in [6, 6.07) is 0.0259. The summed E-state index contributed by atoms with van der Waals surface area (Å²) in [7, 11) is 1.52. The van der Waals surface area contributed by atoms with E-state index in [9.17, 15) is 9.59 Å². The number of methoxy groups -OCH3 is 1. The molecular weight excluding hydrogens is 232 g/mol. The smallest absolute Gasteiger partial charge is 0.254 e. The van der Waals surface area contributed by atoms with Crippen LogP contribution in [0, 0.1) is 0 Å². The van der Waals surface area contributed by atoms with Crippen molar-refractivity contribution in [3.63, 3.8) is 0 Å². The van der Waals surface area contributed by atoms with E-state index in [1.807, 2.05) is 0 Å². The minimum absolute atomic E-state index is 0.00440. The van der Waals surface area contributed by atoms with Crippen LogP contribution in [0.2, 0.25) is 0 Å². The molecule has 5 heteroatoms. The molecule has 2 amide bonds. The second-order valence-electron chi connectivity index (χ2n) is 5.65. The largest absolute Gasteiger partial charge is 0.369 e. The van der Waals surface area contributed by atoms with Gasteiger partial charge in [0.25, 0.3) is 5.91 Å². The Hall–Kier alpha value is -1.10. The summed E-state index contributed by atoms with van der Waals surface area (Å²) < 4.78 is 5.21. The standard InChI is InChI=1S/C13H22N2O3/c1-13(2,18-3)12(17)15-8-4-5-10(15)11(16)14-9-6-7-9/h9-10H,4-8H2,1-3H3,(H,14,16). The number of carbonyl (C=O) groups excluding carboxylic acids is 2. The monoisotopic (exact) mass is 254 g/mol. The Balaban J connectivity index is 2.02. The van der Waals surface area contributed by atoms with Crippen LogP contribution in [0.5, 0.6) is 0 Å². The first-order valence-corrected chi connectivity index (χ1v) is 6.62. The quantitative estimate of drug-likeness (QED) is 0.802. The van der Waals surface area contributed by atoms with Crippen molar-refractivity contribution in [1.82, 2.24) is 10.2 Å². The van der Waals surface area contributed by atoms with E-state index in [1.165, 1.54) is 7.11 Å². The lowest BCUT2D eigenvalue weighted by Gasteiger charge is -2.31. The molecule has 1 aliphatic carbocycles. The third kappa shape index (κ3) is 2.66. The molecule has 0 aromatic carbocycles. The zero-order valence-electron chi connectivity index (χ0n) is 11.4. The first-order valence-electron chi connectivity index (χ1n) is 6.62. The molecule has 1 N–H and O–H groups in total. The van der Waals surface area contributed by atoms with Gasteiger partial charge in [-0.15, -0.1) is 0 Å². The Morgan fingerprint density at radius 1 is 1.28 bits per heavy atom. The van der Waals surface area contributed by atoms with E-state index < -0.39 is 5.60 Å². The summed E-state index contributed by atoms with van der Waals surface area (Å²) in [4.78, 5) is 26.1. The van der Waals surface area contributed by atoms with Crippen molar-refractivity contribution in [3.05, 3.63) is 0 Å². The number of nitrogens with one attached hydrogen (secondary N) is 1. The Morgan fingerprint density at radius 2 is 1.94 bits per heavy atom. The first kappa shape index (κ1) is 13.3. The number of ether oxygens (including phenoxy) is 1. The highest BCUT2D eigenvalue weighted by atomic mass is 16.5. The zero-order valence-corrected chi connectivity index (χ0v) is 11.4. The van der Waals surface area contributed by atoms with Crippen LogP contribution in [0.3, 0.4) is 0 Å². The average Bonchev–Trinajstić information content (AvgIpc) is 3.01. The van der Waals surface area contributed by atoms with Crippen molar-refractivity contribution in [2.75, 3.05) is 13.7 Å². The lowest BCUT2D eigenvalue weighted by Crippen LogP contribution is -2.53. The summed E-state index contributed by atoms with van der Waals surface area (Å²) >= 11 is 0. The SMILES string of the molecule is COC(C)(C)C(=O)N1CCCC1C(=O)NC1CC1. The maximum atomic E-state index is 12.3. The van der Waals surface area contributed by atoms with Crippen LogP contribution < -0.4 is 5.32 Å². The predicted octanol–water partition coefficient (Wildman–Crippen LogP) is 0.681. The third-order valence-electron chi connectivity index (χ3n) is 3.77. The van der Waals surface area contributed by atoms with Crippen molar-refractivity contribution in [2.45, 2.75) is 57.2 Å². The van der Waals surface area contributed by atoms with E-state index in [-0.39, 0.29) is 17.9 Å². The van der Waals surface area contributed by atoms with E-state index in [2.05, 4.69) is 5.32 Å². The number of hydrogen-bond donors (Lipinski definition) is 1. The van der Waals surface area contributed by atoms with E-state index in [1.54, 1.807) is 18.7 Å². The average molecular weight is 254 g/mol. The normalized spacial score (nSPS) is 24.2. The summed E-state index contributed by atoms with van der Waals surface area (Å²) in [5, 5.41) is 2.98. The van der Waals surface area contributed by atoms with E-state index in [0.717, 1.165) is 25.7 Å². The van der Waals surface area contributed by atoms with Gasteiger partial charge in [0.05, 0.1) is 0 Å². The molecule has 0 bridgehead atoms. The highest BCUT2D eigenvalue weighted by Crippen LogP contribution is 2.25. The molecule has 1 atom stereocenters. The molecule has 1 saturated carbocycles. The molecule has 2 fully saturated rings. The molecule has 1 aliphatic heterocycles. The maximum Gasteiger partial charge on any atom is 0.254 e. The summed E-state index contributed by atoms with van der Waals surface area (Å²) in [6.07, 6.45) is 3.77. The number of amides is 2. The minimum atomic E-state index is -0.859. The van der Waals surface area contributed by atoms with Gasteiger partial charge in [-0.2, -0.15) is 0 Å². The van der Waals surface area contributed by atoms with Gasteiger partial charge in [-0.05, 0) is 39.5 Å². The number of carbonyl (C=O) groups is 2. The Labute approximate surface area is 108 Å². The molecule has 102 valence electrons. The van der Waals surface area contributed by atoms with Gasteiger partial charge in [0, 0.05) is 19.7 Å². The molecule has 1 heterocycles. The molecule has 2 rings (SSSR count). The van der Waals surface area contributed by atoms with Gasteiger partial charge in [-0.3, -0.25) is 9.59 Å². The van der Waals surface area contributed by atoms with Gasteiger partial charge < -0.3 is 15.0 Å². The number of rotatable bonds is 4. The maximum absolute atomic E-state index is 12.3. The van der Waals surface area contributed by atoms with Gasteiger partial charge in [0.1, 0.15) is 11.6 Å².